The lowest BCUT2D eigenvalue weighted by Gasteiger charge is -2.52. The molecule has 3 aromatic heterocycles. The summed E-state index contributed by atoms with van der Waals surface area (Å²) in [4.78, 5) is 19.1. The summed E-state index contributed by atoms with van der Waals surface area (Å²) >= 11 is 0. The van der Waals surface area contributed by atoms with Gasteiger partial charge in [-0.25, -0.2) is 32.8 Å². The normalized spacial score (nSPS) is 17.8. The van der Waals surface area contributed by atoms with Crippen LogP contribution in [0.2, 0.25) is 0 Å². The van der Waals surface area contributed by atoms with Gasteiger partial charge in [0.2, 0.25) is 17.8 Å². The number of nitrogens with one attached hydrogen (secondary N) is 1. The molecule has 4 aromatic rings. The Labute approximate surface area is 217 Å². The van der Waals surface area contributed by atoms with Crippen molar-refractivity contribution in [3.8, 4) is 22.6 Å². The number of nitrogen functional groups attached to an aromatic ring is 1. The number of pyridine rings is 1. The van der Waals surface area contributed by atoms with Crippen molar-refractivity contribution in [3.63, 3.8) is 0 Å². The van der Waals surface area contributed by atoms with Crippen LogP contribution in [-0.4, -0.2) is 48.7 Å². The Morgan fingerprint density at radius 3 is 2.61 bits per heavy atom. The maximum Gasteiger partial charge on any atom is 0.249 e. The van der Waals surface area contributed by atoms with Gasteiger partial charge in [0.05, 0.1) is 5.69 Å². The number of nitrogens with two attached hydrogens (primary N) is 1. The number of rotatable bonds is 5. The minimum atomic E-state index is -2.53. The molecule has 0 bridgehead atoms. The van der Waals surface area contributed by atoms with E-state index in [1.54, 1.807) is 36.1 Å². The van der Waals surface area contributed by atoms with E-state index in [0.29, 0.717) is 40.8 Å². The van der Waals surface area contributed by atoms with Crippen molar-refractivity contribution in [1.82, 2.24) is 29.7 Å². The van der Waals surface area contributed by atoms with Crippen molar-refractivity contribution in [3.05, 3.63) is 54.6 Å². The highest BCUT2D eigenvalue weighted by atomic mass is 19.3. The van der Waals surface area contributed by atoms with E-state index in [0.717, 1.165) is 25.2 Å². The van der Waals surface area contributed by atoms with Crippen LogP contribution >= 0.6 is 0 Å². The Morgan fingerprint density at radius 2 is 1.89 bits per heavy atom. The van der Waals surface area contributed by atoms with Gasteiger partial charge in [-0.1, -0.05) is 0 Å². The van der Waals surface area contributed by atoms with Crippen LogP contribution < -0.4 is 16.0 Å². The lowest BCUT2D eigenvalue weighted by atomic mass is 9.62. The Balaban J connectivity index is 1.16. The standard InChI is InChI=1S/C26H26F3N9/c1-37-24(33-17-4-5-18(19(27)11-17)20-7-9-31-23(30)34-20)35-22(36-37)16-3-6-21(32-12-16)38-10-2-8-25(15-38)13-26(28,29)14-25/h3-7,9,11-12H,2,8,10,13-15H2,1H3,(H2,30,31,34)(H,33,35,36). The van der Waals surface area contributed by atoms with Gasteiger partial charge >= 0.3 is 0 Å². The maximum atomic E-state index is 14.8. The smallest absolute Gasteiger partial charge is 0.249 e. The highest BCUT2D eigenvalue weighted by molar-refractivity contribution is 5.66. The molecule has 1 aliphatic heterocycles. The van der Waals surface area contributed by atoms with Gasteiger partial charge in [-0.3, -0.25) is 0 Å². The van der Waals surface area contributed by atoms with E-state index in [1.165, 1.54) is 12.3 Å². The molecule has 1 aromatic carbocycles. The minimum Gasteiger partial charge on any atom is -0.368 e. The average Bonchev–Trinajstić information content (AvgIpc) is 3.23. The molecule has 0 radical (unpaired) electrons. The first kappa shape index (κ1) is 24.1. The van der Waals surface area contributed by atoms with Crippen molar-refractivity contribution in [2.24, 2.45) is 12.5 Å². The molecule has 3 N–H and O–H groups in total. The number of aryl methyl sites for hydroxylation is 1. The van der Waals surface area contributed by atoms with Crippen LogP contribution in [-0.2, 0) is 7.05 Å². The van der Waals surface area contributed by atoms with E-state index in [2.05, 4.69) is 35.3 Å². The van der Waals surface area contributed by atoms with Gasteiger partial charge < -0.3 is 16.0 Å². The van der Waals surface area contributed by atoms with Gasteiger partial charge in [0.25, 0.3) is 0 Å². The summed E-state index contributed by atoms with van der Waals surface area (Å²) in [5.41, 5.74) is 7.21. The van der Waals surface area contributed by atoms with Gasteiger partial charge in [-0.15, -0.1) is 5.10 Å². The zero-order valence-electron chi connectivity index (χ0n) is 20.7. The molecule has 0 amide bonds. The lowest BCUT2D eigenvalue weighted by molar-refractivity contribution is -0.163. The van der Waals surface area contributed by atoms with Crippen molar-refractivity contribution >= 4 is 23.4 Å². The SMILES string of the molecule is Cn1nc(-c2ccc(N3CCCC4(C3)CC(F)(F)C4)nc2)nc1Nc1ccc(-c2ccnc(N)n2)c(F)c1. The van der Waals surface area contributed by atoms with E-state index in [-0.39, 0.29) is 24.2 Å². The van der Waals surface area contributed by atoms with Crippen molar-refractivity contribution in [2.75, 3.05) is 29.0 Å². The molecule has 12 heteroatoms. The predicted molar refractivity (Wildman–Crippen MR) is 137 cm³/mol. The summed E-state index contributed by atoms with van der Waals surface area (Å²) < 4.78 is 43.5. The number of aromatic nitrogens is 6. The largest absolute Gasteiger partial charge is 0.368 e. The van der Waals surface area contributed by atoms with Crippen molar-refractivity contribution in [1.29, 1.82) is 0 Å². The van der Waals surface area contributed by atoms with Crippen LogP contribution in [0, 0.1) is 11.2 Å². The first-order valence-corrected chi connectivity index (χ1v) is 12.3. The van der Waals surface area contributed by atoms with Crippen molar-refractivity contribution < 1.29 is 13.2 Å². The summed E-state index contributed by atoms with van der Waals surface area (Å²) in [5.74, 6) is -1.29. The molecule has 2 fully saturated rings. The number of anilines is 4. The molecule has 9 nitrogen and oxygen atoms in total. The van der Waals surface area contributed by atoms with Crippen LogP contribution in [0.3, 0.4) is 0 Å². The van der Waals surface area contributed by atoms with Gasteiger partial charge in [0, 0.05) is 62.2 Å². The number of piperidine rings is 1. The third kappa shape index (κ3) is 4.61. The molecule has 2 aliphatic rings. The molecule has 6 rings (SSSR count). The second-order valence-electron chi connectivity index (χ2n) is 10.1. The highest BCUT2D eigenvalue weighted by Crippen LogP contribution is 2.56. The zero-order valence-corrected chi connectivity index (χ0v) is 20.7. The molecule has 4 heterocycles. The van der Waals surface area contributed by atoms with Gasteiger partial charge in [0.15, 0.2) is 5.82 Å². The first-order chi connectivity index (χ1) is 18.2. The van der Waals surface area contributed by atoms with Crippen LogP contribution in [0.25, 0.3) is 22.6 Å². The Kier molecular flexibility index (Phi) is 5.69. The van der Waals surface area contributed by atoms with E-state index < -0.39 is 11.7 Å². The summed E-state index contributed by atoms with van der Waals surface area (Å²) in [5, 5.41) is 7.55. The van der Waals surface area contributed by atoms with Crippen LogP contribution in [0.1, 0.15) is 25.7 Å². The molecule has 38 heavy (non-hydrogen) atoms. The Hall–Kier alpha value is -4.22. The first-order valence-electron chi connectivity index (χ1n) is 12.3. The number of nitrogens with zero attached hydrogens (tertiary/aromatic N) is 7. The molecule has 0 unspecified atom stereocenters. The fraction of sp³-hybridized carbons (Fsp3) is 0.346. The number of benzene rings is 1. The maximum absolute atomic E-state index is 14.8. The van der Waals surface area contributed by atoms with E-state index >= 15 is 0 Å². The summed E-state index contributed by atoms with van der Waals surface area (Å²) in [6.07, 6.45) is 4.81. The zero-order chi connectivity index (χ0) is 26.5. The molecular formula is C26H26F3N9. The molecule has 1 saturated heterocycles. The molecule has 1 spiro atoms. The van der Waals surface area contributed by atoms with Gasteiger partial charge in [0.1, 0.15) is 11.6 Å². The van der Waals surface area contributed by atoms with Crippen LogP contribution in [0.5, 0.6) is 0 Å². The Bertz CT molecular complexity index is 1480. The van der Waals surface area contributed by atoms with E-state index in [1.807, 2.05) is 12.1 Å². The molecule has 1 saturated carbocycles. The molecular weight excluding hydrogens is 495 g/mol. The third-order valence-electron chi connectivity index (χ3n) is 7.20. The van der Waals surface area contributed by atoms with Crippen LogP contribution in [0.4, 0.5) is 36.6 Å². The van der Waals surface area contributed by atoms with E-state index in [4.69, 9.17) is 5.73 Å². The number of hydrogen-bond donors (Lipinski definition) is 2. The molecule has 1 aliphatic carbocycles. The quantitative estimate of drug-likeness (QED) is 0.385. The lowest BCUT2D eigenvalue weighted by Crippen LogP contribution is -2.55. The average molecular weight is 522 g/mol. The predicted octanol–water partition coefficient (Wildman–Crippen LogP) is 4.81. The van der Waals surface area contributed by atoms with Gasteiger partial charge in [-0.2, -0.15) is 4.98 Å². The Morgan fingerprint density at radius 1 is 1.05 bits per heavy atom. The summed E-state index contributed by atoms with van der Waals surface area (Å²) in [6, 6.07) is 10.0. The minimum absolute atomic E-state index is 0.0376. The highest BCUT2D eigenvalue weighted by Gasteiger charge is 2.57. The third-order valence-corrected chi connectivity index (χ3v) is 7.20. The topological polar surface area (TPSA) is 111 Å². The van der Waals surface area contributed by atoms with Crippen molar-refractivity contribution in [2.45, 2.75) is 31.6 Å². The molecule has 0 atom stereocenters. The fourth-order valence-corrected chi connectivity index (χ4v) is 5.51. The summed E-state index contributed by atoms with van der Waals surface area (Å²) in [6.45, 7) is 1.40. The number of hydrogen-bond acceptors (Lipinski definition) is 8. The van der Waals surface area contributed by atoms with Gasteiger partial charge in [-0.05, 0) is 54.7 Å². The monoisotopic (exact) mass is 521 g/mol. The van der Waals surface area contributed by atoms with Crippen LogP contribution in [0.15, 0.2) is 48.8 Å². The number of alkyl halides is 2. The fourth-order valence-electron chi connectivity index (χ4n) is 5.51. The molecule has 196 valence electrons. The van der Waals surface area contributed by atoms with E-state index in [9.17, 15) is 13.2 Å². The summed E-state index contributed by atoms with van der Waals surface area (Å²) in [7, 11) is 1.73. The second kappa shape index (κ2) is 8.96. The number of halogens is 3. The second-order valence-corrected chi connectivity index (χ2v) is 10.1.